The summed E-state index contributed by atoms with van der Waals surface area (Å²) in [5, 5.41) is 5.64. The number of benzene rings is 2. The van der Waals surface area contributed by atoms with Gasteiger partial charge in [-0.25, -0.2) is 9.97 Å². The Bertz CT molecular complexity index is 1000. The molecule has 0 aliphatic carbocycles. The minimum atomic E-state index is -0.139. The molecule has 4 rings (SSSR count). The molecule has 2 N–H and O–H groups in total. The van der Waals surface area contributed by atoms with Gasteiger partial charge < -0.3 is 4.98 Å². The molecule has 0 unspecified atom stereocenters. The predicted octanol–water partition coefficient (Wildman–Crippen LogP) is 4.18. The number of hydrogen-bond acceptors (Lipinski definition) is 4. The summed E-state index contributed by atoms with van der Waals surface area (Å²) in [6, 6.07) is 15.9. The van der Waals surface area contributed by atoms with Gasteiger partial charge in [-0.2, -0.15) is 0 Å². The van der Waals surface area contributed by atoms with E-state index in [2.05, 4.69) is 39.3 Å². The van der Waals surface area contributed by atoms with Crippen LogP contribution in [0.15, 0.2) is 53.9 Å². The zero-order valence-electron chi connectivity index (χ0n) is 13.6. The Morgan fingerprint density at radius 1 is 1.12 bits per heavy atom. The lowest BCUT2D eigenvalue weighted by atomic mass is 10.2. The summed E-state index contributed by atoms with van der Waals surface area (Å²) in [4.78, 5) is 24.2. The molecule has 1 amide bonds. The zero-order valence-corrected chi connectivity index (χ0v) is 14.4. The predicted molar refractivity (Wildman–Crippen MR) is 101 cm³/mol. The van der Waals surface area contributed by atoms with Gasteiger partial charge in [0.05, 0.1) is 23.1 Å². The van der Waals surface area contributed by atoms with Crippen LogP contribution < -0.4 is 5.32 Å². The fraction of sp³-hybridized carbons (Fsp3) is 0.105. The number of aromatic amines is 1. The van der Waals surface area contributed by atoms with Gasteiger partial charge in [0.25, 0.3) is 0 Å². The highest BCUT2D eigenvalue weighted by Crippen LogP contribution is 2.24. The molecule has 2 aromatic heterocycles. The summed E-state index contributed by atoms with van der Waals surface area (Å²) < 4.78 is 0. The third-order valence-electron chi connectivity index (χ3n) is 3.84. The molecule has 0 bridgehead atoms. The summed E-state index contributed by atoms with van der Waals surface area (Å²) in [6.45, 7) is 2.06. The molecule has 0 aliphatic heterocycles. The summed E-state index contributed by atoms with van der Waals surface area (Å²) in [5.41, 5.74) is 4.76. The summed E-state index contributed by atoms with van der Waals surface area (Å²) in [5.74, 6) is 0.319. The van der Waals surface area contributed by atoms with Crippen molar-refractivity contribution in [3.05, 3.63) is 65.2 Å². The standard InChI is InChI=1S/C19H16N4OS/c1-12-6-8-13(9-7-12)18-20-14(11-25-18)10-17(24)23-19-21-15-4-2-3-5-16(15)22-19/h2-9,11H,10H2,1H3,(H2,21,22,23,24). The molecule has 0 spiro atoms. The maximum atomic E-state index is 12.2. The molecular formula is C19H16N4OS. The van der Waals surface area contributed by atoms with Crippen molar-refractivity contribution in [3.8, 4) is 10.6 Å². The second-order valence-corrected chi connectivity index (χ2v) is 6.70. The van der Waals surface area contributed by atoms with Crippen molar-refractivity contribution in [3.63, 3.8) is 0 Å². The van der Waals surface area contributed by atoms with Crippen molar-refractivity contribution in [2.75, 3.05) is 5.32 Å². The number of amides is 1. The number of carbonyl (C=O) groups is 1. The number of aryl methyl sites for hydroxylation is 1. The summed E-state index contributed by atoms with van der Waals surface area (Å²) in [7, 11) is 0. The number of aromatic nitrogens is 3. The van der Waals surface area contributed by atoms with Crippen LogP contribution in [0.4, 0.5) is 5.95 Å². The molecule has 4 aromatic rings. The largest absolute Gasteiger partial charge is 0.324 e. The SMILES string of the molecule is Cc1ccc(-c2nc(CC(=O)Nc3nc4ccccc4[nH]3)cs2)cc1. The van der Waals surface area contributed by atoms with Crippen LogP contribution in [0.25, 0.3) is 21.6 Å². The van der Waals surface area contributed by atoms with Crippen LogP contribution in [-0.2, 0) is 11.2 Å². The topological polar surface area (TPSA) is 70.7 Å². The third kappa shape index (κ3) is 3.44. The Balaban J connectivity index is 1.45. The van der Waals surface area contributed by atoms with Gasteiger partial charge in [0.15, 0.2) is 0 Å². The molecule has 0 aliphatic rings. The number of fused-ring (bicyclic) bond motifs is 1. The average molecular weight is 348 g/mol. The number of hydrogen-bond donors (Lipinski definition) is 2. The van der Waals surface area contributed by atoms with Crippen molar-refractivity contribution >= 4 is 34.2 Å². The maximum Gasteiger partial charge on any atom is 0.232 e. The molecule has 0 fully saturated rings. The highest BCUT2D eigenvalue weighted by Gasteiger charge is 2.11. The number of nitrogens with zero attached hydrogens (tertiary/aromatic N) is 2. The lowest BCUT2D eigenvalue weighted by Gasteiger charge is -1.99. The number of para-hydroxylation sites is 2. The van der Waals surface area contributed by atoms with E-state index in [1.54, 1.807) is 11.3 Å². The molecule has 0 radical (unpaired) electrons. The van der Waals surface area contributed by atoms with Crippen molar-refractivity contribution in [2.24, 2.45) is 0 Å². The van der Waals surface area contributed by atoms with Gasteiger partial charge in [-0.1, -0.05) is 42.0 Å². The molecule has 0 saturated carbocycles. The fourth-order valence-electron chi connectivity index (χ4n) is 2.57. The van der Waals surface area contributed by atoms with Crippen LogP contribution >= 0.6 is 11.3 Å². The number of nitrogens with one attached hydrogen (secondary N) is 2. The molecule has 6 heteroatoms. The lowest BCUT2D eigenvalue weighted by molar-refractivity contribution is -0.115. The number of thiazole rings is 1. The Morgan fingerprint density at radius 3 is 2.72 bits per heavy atom. The lowest BCUT2D eigenvalue weighted by Crippen LogP contribution is -2.15. The van der Waals surface area contributed by atoms with E-state index in [1.807, 2.05) is 41.8 Å². The van der Waals surface area contributed by atoms with Gasteiger partial charge in [-0.3, -0.25) is 10.1 Å². The first kappa shape index (κ1) is 15.5. The van der Waals surface area contributed by atoms with E-state index in [4.69, 9.17) is 0 Å². The second-order valence-electron chi connectivity index (χ2n) is 5.84. The van der Waals surface area contributed by atoms with Gasteiger partial charge >= 0.3 is 0 Å². The molecule has 25 heavy (non-hydrogen) atoms. The quantitative estimate of drug-likeness (QED) is 0.581. The van der Waals surface area contributed by atoms with Crippen LogP contribution in [0, 0.1) is 6.92 Å². The third-order valence-corrected chi connectivity index (χ3v) is 4.78. The van der Waals surface area contributed by atoms with Crippen LogP contribution in [0.2, 0.25) is 0 Å². The van der Waals surface area contributed by atoms with E-state index in [0.29, 0.717) is 5.95 Å². The van der Waals surface area contributed by atoms with Crippen molar-refractivity contribution < 1.29 is 4.79 Å². The van der Waals surface area contributed by atoms with E-state index in [1.165, 1.54) is 5.56 Å². The zero-order chi connectivity index (χ0) is 17.2. The maximum absolute atomic E-state index is 12.2. The first-order valence-corrected chi connectivity index (χ1v) is 8.81. The fourth-order valence-corrected chi connectivity index (χ4v) is 3.40. The Morgan fingerprint density at radius 2 is 1.92 bits per heavy atom. The highest BCUT2D eigenvalue weighted by atomic mass is 32.1. The van der Waals surface area contributed by atoms with E-state index in [0.717, 1.165) is 27.3 Å². The van der Waals surface area contributed by atoms with Crippen molar-refractivity contribution in [1.29, 1.82) is 0 Å². The smallest absolute Gasteiger partial charge is 0.232 e. The highest BCUT2D eigenvalue weighted by molar-refractivity contribution is 7.13. The summed E-state index contributed by atoms with van der Waals surface area (Å²) >= 11 is 1.55. The van der Waals surface area contributed by atoms with Gasteiger partial charge in [-0.15, -0.1) is 11.3 Å². The van der Waals surface area contributed by atoms with Gasteiger partial charge in [-0.05, 0) is 19.1 Å². The number of rotatable bonds is 4. The van der Waals surface area contributed by atoms with Crippen molar-refractivity contribution in [2.45, 2.75) is 13.3 Å². The van der Waals surface area contributed by atoms with E-state index < -0.39 is 0 Å². The van der Waals surface area contributed by atoms with Crippen LogP contribution in [-0.4, -0.2) is 20.9 Å². The monoisotopic (exact) mass is 348 g/mol. The average Bonchev–Trinajstić information content (AvgIpc) is 3.21. The normalized spacial score (nSPS) is 10.9. The van der Waals surface area contributed by atoms with Crippen LogP contribution in [0.1, 0.15) is 11.3 Å². The minimum absolute atomic E-state index is 0.139. The summed E-state index contributed by atoms with van der Waals surface area (Å²) in [6.07, 6.45) is 0.222. The molecule has 2 aromatic carbocycles. The molecule has 0 atom stereocenters. The van der Waals surface area contributed by atoms with E-state index >= 15 is 0 Å². The molecular weight excluding hydrogens is 332 g/mol. The molecule has 124 valence electrons. The van der Waals surface area contributed by atoms with Gasteiger partial charge in [0, 0.05) is 10.9 Å². The first-order chi connectivity index (χ1) is 12.2. The number of H-pyrrole nitrogens is 1. The second kappa shape index (κ2) is 6.49. The number of carbonyl (C=O) groups excluding carboxylic acids is 1. The van der Waals surface area contributed by atoms with Crippen LogP contribution in [0.5, 0.6) is 0 Å². The molecule has 0 saturated heterocycles. The van der Waals surface area contributed by atoms with Gasteiger partial charge in [0.2, 0.25) is 11.9 Å². The van der Waals surface area contributed by atoms with Gasteiger partial charge in [0.1, 0.15) is 5.01 Å². The first-order valence-electron chi connectivity index (χ1n) is 7.93. The molecule has 5 nitrogen and oxygen atoms in total. The van der Waals surface area contributed by atoms with E-state index in [-0.39, 0.29) is 12.3 Å². The Labute approximate surface area is 148 Å². The van der Waals surface area contributed by atoms with Crippen molar-refractivity contribution in [1.82, 2.24) is 15.0 Å². The van der Waals surface area contributed by atoms with E-state index in [9.17, 15) is 4.79 Å². The minimum Gasteiger partial charge on any atom is -0.324 e. The van der Waals surface area contributed by atoms with Crippen LogP contribution in [0.3, 0.4) is 0 Å². The molecule has 2 heterocycles. The number of imidazole rings is 1. The number of anilines is 1. The Kier molecular flexibility index (Phi) is 4.03. The Hall–Kier alpha value is -2.99.